The van der Waals surface area contributed by atoms with Crippen molar-refractivity contribution in [1.29, 1.82) is 0 Å². The van der Waals surface area contributed by atoms with Gasteiger partial charge in [-0.05, 0) is 77.3 Å². The summed E-state index contributed by atoms with van der Waals surface area (Å²) < 4.78 is 12.6. The SMILES string of the molecule is CCOc1cc(C=Nc2ccc(C)c(Cl)c2)cc(Br)c1OCc1ccc(Cl)cc1Cl. The van der Waals surface area contributed by atoms with Crippen LogP contribution in [0, 0.1) is 6.92 Å². The Morgan fingerprint density at radius 1 is 0.967 bits per heavy atom. The third kappa shape index (κ3) is 5.92. The minimum Gasteiger partial charge on any atom is -0.490 e. The molecule has 0 aliphatic heterocycles. The monoisotopic (exact) mass is 525 g/mol. The van der Waals surface area contributed by atoms with E-state index in [4.69, 9.17) is 44.3 Å². The van der Waals surface area contributed by atoms with Crippen LogP contribution in [-0.4, -0.2) is 12.8 Å². The normalized spacial score (nSPS) is 11.1. The van der Waals surface area contributed by atoms with E-state index in [0.29, 0.717) is 33.2 Å². The van der Waals surface area contributed by atoms with Crippen molar-refractivity contribution in [1.82, 2.24) is 0 Å². The molecule has 0 saturated heterocycles. The first-order valence-electron chi connectivity index (χ1n) is 9.20. The maximum absolute atomic E-state index is 6.25. The standard InChI is InChI=1S/C23H19BrCl3NO2/c1-3-29-22-9-15(12-28-18-7-4-14(2)20(26)11-18)8-19(24)23(22)30-13-16-5-6-17(25)10-21(16)27/h4-12H,3,13H2,1-2H3. The summed E-state index contributed by atoms with van der Waals surface area (Å²) in [7, 11) is 0. The van der Waals surface area contributed by atoms with Crippen molar-refractivity contribution in [2.75, 3.05) is 6.61 Å². The molecule has 30 heavy (non-hydrogen) atoms. The Balaban J connectivity index is 1.84. The Labute approximate surface area is 199 Å². The van der Waals surface area contributed by atoms with E-state index in [1.54, 1.807) is 18.3 Å². The maximum atomic E-state index is 6.25. The van der Waals surface area contributed by atoms with Crippen molar-refractivity contribution in [3.63, 3.8) is 0 Å². The van der Waals surface area contributed by atoms with E-state index >= 15 is 0 Å². The zero-order chi connectivity index (χ0) is 21.7. The largest absolute Gasteiger partial charge is 0.490 e. The van der Waals surface area contributed by atoms with E-state index in [0.717, 1.165) is 26.9 Å². The smallest absolute Gasteiger partial charge is 0.175 e. The molecule has 3 nitrogen and oxygen atoms in total. The van der Waals surface area contributed by atoms with Crippen LogP contribution < -0.4 is 9.47 Å². The van der Waals surface area contributed by atoms with Crippen LogP contribution in [0.25, 0.3) is 0 Å². The molecule has 0 saturated carbocycles. The molecule has 0 aromatic heterocycles. The highest BCUT2D eigenvalue weighted by atomic mass is 79.9. The molecule has 7 heteroatoms. The predicted molar refractivity (Wildman–Crippen MR) is 130 cm³/mol. The fourth-order valence-corrected chi connectivity index (χ4v) is 3.88. The molecular formula is C23H19BrCl3NO2. The molecule has 0 bridgehead atoms. The minimum atomic E-state index is 0.282. The Morgan fingerprint density at radius 2 is 1.77 bits per heavy atom. The first-order chi connectivity index (χ1) is 14.4. The Bertz CT molecular complexity index is 1090. The van der Waals surface area contributed by atoms with Crippen LogP contribution in [0.1, 0.15) is 23.6 Å². The Hall–Kier alpha value is -1.72. The van der Waals surface area contributed by atoms with Crippen LogP contribution in [0.15, 0.2) is 58.0 Å². The second-order valence-electron chi connectivity index (χ2n) is 6.48. The van der Waals surface area contributed by atoms with Crippen molar-refractivity contribution in [3.8, 4) is 11.5 Å². The first-order valence-corrected chi connectivity index (χ1v) is 11.1. The van der Waals surface area contributed by atoms with Gasteiger partial charge in [0.1, 0.15) is 6.61 Å². The number of nitrogens with zero attached hydrogens (tertiary/aromatic N) is 1. The third-order valence-electron chi connectivity index (χ3n) is 4.24. The number of ether oxygens (including phenoxy) is 2. The molecule has 0 atom stereocenters. The van der Waals surface area contributed by atoms with Crippen LogP contribution in [0.3, 0.4) is 0 Å². The van der Waals surface area contributed by atoms with Crippen molar-refractivity contribution < 1.29 is 9.47 Å². The zero-order valence-corrected chi connectivity index (χ0v) is 20.2. The van der Waals surface area contributed by atoms with Gasteiger partial charge in [0.2, 0.25) is 0 Å². The molecule has 3 aromatic carbocycles. The second kappa shape index (κ2) is 10.5. The van der Waals surface area contributed by atoms with E-state index in [2.05, 4.69) is 20.9 Å². The van der Waals surface area contributed by atoms with E-state index in [1.807, 2.05) is 50.2 Å². The summed E-state index contributed by atoms with van der Waals surface area (Å²) in [4.78, 5) is 4.51. The van der Waals surface area contributed by atoms with Crippen LogP contribution in [0.5, 0.6) is 11.5 Å². The highest BCUT2D eigenvalue weighted by Crippen LogP contribution is 2.38. The minimum absolute atomic E-state index is 0.282. The molecule has 0 heterocycles. The lowest BCUT2D eigenvalue weighted by Gasteiger charge is -2.15. The topological polar surface area (TPSA) is 30.8 Å². The third-order valence-corrected chi connectivity index (χ3v) is 5.82. The summed E-state index contributed by atoms with van der Waals surface area (Å²) in [5, 5.41) is 1.82. The van der Waals surface area contributed by atoms with Crippen LogP contribution >= 0.6 is 50.7 Å². The van der Waals surface area contributed by atoms with E-state index in [1.165, 1.54) is 0 Å². The Kier molecular flexibility index (Phi) is 8.06. The number of hydrogen-bond acceptors (Lipinski definition) is 3. The van der Waals surface area contributed by atoms with Gasteiger partial charge in [-0.25, -0.2) is 0 Å². The number of halogens is 4. The average molecular weight is 528 g/mol. The first kappa shape index (κ1) is 23.0. The van der Waals surface area contributed by atoms with Crippen LogP contribution in [-0.2, 0) is 6.61 Å². The van der Waals surface area contributed by atoms with Gasteiger partial charge < -0.3 is 9.47 Å². The molecule has 0 radical (unpaired) electrons. The number of benzene rings is 3. The Morgan fingerprint density at radius 3 is 2.47 bits per heavy atom. The molecule has 0 spiro atoms. The quantitative estimate of drug-likeness (QED) is 0.289. The molecule has 156 valence electrons. The van der Waals surface area contributed by atoms with E-state index < -0.39 is 0 Å². The van der Waals surface area contributed by atoms with Gasteiger partial charge in [-0.2, -0.15) is 0 Å². The van der Waals surface area contributed by atoms with Crippen molar-refractivity contribution >= 4 is 62.6 Å². The molecule has 0 unspecified atom stereocenters. The van der Waals surface area contributed by atoms with Crippen molar-refractivity contribution in [2.45, 2.75) is 20.5 Å². The molecule has 0 N–H and O–H groups in total. The molecule has 3 rings (SSSR count). The van der Waals surface area contributed by atoms with E-state index in [-0.39, 0.29) is 6.61 Å². The summed E-state index contributed by atoms with van der Waals surface area (Å²) in [6.45, 7) is 4.66. The van der Waals surface area contributed by atoms with Gasteiger partial charge in [-0.1, -0.05) is 46.9 Å². The summed E-state index contributed by atoms with van der Waals surface area (Å²) in [5.74, 6) is 1.21. The van der Waals surface area contributed by atoms with E-state index in [9.17, 15) is 0 Å². The number of aryl methyl sites for hydroxylation is 1. The highest BCUT2D eigenvalue weighted by Gasteiger charge is 2.13. The fraction of sp³-hybridized carbons (Fsp3) is 0.174. The van der Waals surface area contributed by atoms with Gasteiger partial charge in [0.25, 0.3) is 0 Å². The lowest BCUT2D eigenvalue weighted by molar-refractivity contribution is 0.267. The number of aliphatic imine (C=N–C) groups is 1. The van der Waals surface area contributed by atoms with Gasteiger partial charge in [0.05, 0.1) is 16.8 Å². The molecular weight excluding hydrogens is 509 g/mol. The summed E-state index contributed by atoms with van der Waals surface area (Å²) in [5.41, 5.74) is 3.48. The molecule has 3 aromatic rings. The second-order valence-corrected chi connectivity index (χ2v) is 8.58. The molecule has 0 aliphatic rings. The van der Waals surface area contributed by atoms with Gasteiger partial charge in [0, 0.05) is 26.8 Å². The summed E-state index contributed by atoms with van der Waals surface area (Å²) in [6.07, 6.45) is 1.76. The van der Waals surface area contributed by atoms with Gasteiger partial charge in [0.15, 0.2) is 11.5 Å². The highest BCUT2D eigenvalue weighted by molar-refractivity contribution is 9.10. The lowest BCUT2D eigenvalue weighted by atomic mass is 10.2. The lowest BCUT2D eigenvalue weighted by Crippen LogP contribution is -2.02. The fourth-order valence-electron chi connectivity index (χ4n) is 2.67. The summed E-state index contributed by atoms with van der Waals surface area (Å²) >= 11 is 22.0. The average Bonchev–Trinajstić information content (AvgIpc) is 2.70. The molecule has 0 amide bonds. The van der Waals surface area contributed by atoms with Crippen LogP contribution in [0.4, 0.5) is 5.69 Å². The molecule has 0 fully saturated rings. The molecule has 0 aliphatic carbocycles. The number of hydrogen-bond donors (Lipinski definition) is 0. The predicted octanol–water partition coefficient (Wildman–Crippen LogP) is 8.45. The summed E-state index contributed by atoms with van der Waals surface area (Å²) in [6, 6.07) is 14.8. The van der Waals surface area contributed by atoms with Gasteiger partial charge in [-0.15, -0.1) is 0 Å². The maximum Gasteiger partial charge on any atom is 0.175 e. The van der Waals surface area contributed by atoms with Gasteiger partial charge in [-0.3, -0.25) is 4.99 Å². The van der Waals surface area contributed by atoms with Crippen molar-refractivity contribution in [2.24, 2.45) is 4.99 Å². The zero-order valence-electron chi connectivity index (χ0n) is 16.4. The van der Waals surface area contributed by atoms with Crippen molar-refractivity contribution in [3.05, 3.63) is 84.8 Å². The number of rotatable bonds is 7. The van der Waals surface area contributed by atoms with Crippen LogP contribution in [0.2, 0.25) is 15.1 Å². The van der Waals surface area contributed by atoms with Gasteiger partial charge >= 0.3 is 0 Å².